The van der Waals surface area contributed by atoms with Gasteiger partial charge in [-0.3, -0.25) is 14.3 Å². The third-order valence-electron chi connectivity index (χ3n) is 5.56. The van der Waals surface area contributed by atoms with E-state index in [0.717, 1.165) is 32.4 Å². The van der Waals surface area contributed by atoms with E-state index < -0.39 is 5.82 Å². The number of piperidine rings is 1. The van der Waals surface area contributed by atoms with Gasteiger partial charge in [0.15, 0.2) is 5.82 Å². The molecule has 0 saturated carbocycles. The molecule has 2 atom stereocenters. The van der Waals surface area contributed by atoms with Crippen LogP contribution in [0.5, 0.6) is 5.75 Å². The number of fused-ring (bicyclic) bond motifs is 1. The topological polar surface area (TPSA) is 47.4 Å². The van der Waals surface area contributed by atoms with Crippen molar-refractivity contribution < 1.29 is 9.13 Å². The van der Waals surface area contributed by atoms with Crippen LogP contribution in [-0.4, -0.2) is 34.7 Å². The van der Waals surface area contributed by atoms with Crippen LogP contribution in [0.4, 0.5) is 4.39 Å². The third-order valence-corrected chi connectivity index (χ3v) is 5.56. The summed E-state index contributed by atoms with van der Waals surface area (Å²) in [5.74, 6) is 1.15. The molecule has 1 aliphatic rings. The summed E-state index contributed by atoms with van der Waals surface area (Å²) in [5, 5.41) is 0.278. The fraction of sp³-hybridized carbons (Fsp3) is 0.619. The van der Waals surface area contributed by atoms with Gasteiger partial charge in [0.2, 0.25) is 0 Å². The second-order valence-electron chi connectivity index (χ2n) is 7.57. The number of hydrogen-bond donors (Lipinski definition) is 0. The SMILES string of the molecule is CCC[C@H](c1nc2c(F)cc(OC)cc2c(=O)n1CC)N1CCC[C@@H](C)C1. The molecule has 6 heteroatoms. The van der Waals surface area contributed by atoms with E-state index in [1.807, 2.05) is 6.92 Å². The molecule has 148 valence electrons. The molecule has 0 amide bonds. The van der Waals surface area contributed by atoms with Crippen LogP contribution in [0, 0.1) is 11.7 Å². The molecular formula is C21H30FN3O2. The normalized spacial score (nSPS) is 19.4. The largest absolute Gasteiger partial charge is 0.497 e. The van der Waals surface area contributed by atoms with Crippen LogP contribution in [0.1, 0.15) is 58.3 Å². The van der Waals surface area contributed by atoms with Crippen LogP contribution in [0.3, 0.4) is 0 Å². The van der Waals surface area contributed by atoms with E-state index in [9.17, 15) is 9.18 Å². The molecule has 1 saturated heterocycles. The molecule has 0 N–H and O–H groups in total. The van der Waals surface area contributed by atoms with Gasteiger partial charge in [-0.05, 0) is 44.7 Å². The minimum Gasteiger partial charge on any atom is -0.497 e. The number of halogens is 1. The summed E-state index contributed by atoms with van der Waals surface area (Å²) < 4.78 is 21.5. The van der Waals surface area contributed by atoms with Gasteiger partial charge in [0.1, 0.15) is 17.1 Å². The maximum absolute atomic E-state index is 14.7. The van der Waals surface area contributed by atoms with Crippen molar-refractivity contribution in [2.24, 2.45) is 5.92 Å². The minimum atomic E-state index is -0.506. The van der Waals surface area contributed by atoms with Crippen molar-refractivity contribution in [3.63, 3.8) is 0 Å². The van der Waals surface area contributed by atoms with Crippen molar-refractivity contribution in [2.45, 2.75) is 59.0 Å². The summed E-state index contributed by atoms with van der Waals surface area (Å²) in [7, 11) is 1.47. The van der Waals surface area contributed by atoms with Gasteiger partial charge in [-0.1, -0.05) is 20.3 Å². The molecule has 0 bridgehead atoms. The predicted molar refractivity (Wildman–Crippen MR) is 106 cm³/mol. The highest BCUT2D eigenvalue weighted by molar-refractivity contribution is 5.80. The number of rotatable bonds is 6. The number of nitrogens with zero attached hydrogens (tertiary/aromatic N) is 3. The fourth-order valence-electron chi connectivity index (χ4n) is 4.21. The summed E-state index contributed by atoms with van der Waals surface area (Å²) in [5.41, 5.74) is -0.0480. The van der Waals surface area contributed by atoms with Crippen molar-refractivity contribution in [1.29, 1.82) is 0 Å². The average Bonchev–Trinajstić information content (AvgIpc) is 2.66. The lowest BCUT2D eigenvalue weighted by Gasteiger charge is -2.37. The van der Waals surface area contributed by atoms with Crippen LogP contribution >= 0.6 is 0 Å². The third kappa shape index (κ3) is 3.86. The molecular weight excluding hydrogens is 345 g/mol. The van der Waals surface area contributed by atoms with E-state index in [0.29, 0.717) is 24.0 Å². The summed E-state index contributed by atoms with van der Waals surface area (Å²) in [6.45, 7) is 8.85. The molecule has 0 radical (unpaired) electrons. The first-order chi connectivity index (χ1) is 13.0. The van der Waals surface area contributed by atoms with Crippen LogP contribution < -0.4 is 10.3 Å². The minimum absolute atomic E-state index is 0.0382. The molecule has 0 unspecified atom stereocenters. The molecule has 1 fully saturated rings. The molecule has 5 nitrogen and oxygen atoms in total. The Morgan fingerprint density at radius 2 is 2.15 bits per heavy atom. The molecule has 27 heavy (non-hydrogen) atoms. The Balaban J connectivity index is 2.18. The Morgan fingerprint density at radius 1 is 1.37 bits per heavy atom. The Bertz CT molecular complexity index is 865. The molecule has 3 rings (SSSR count). The number of ether oxygens (including phenoxy) is 1. The summed E-state index contributed by atoms with van der Waals surface area (Å²) in [6.07, 6.45) is 4.27. The zero-order valence-electron chi connectivity index (χ0n) is 16.8. The first-order valence-corrected chi connectivity index (χ1v) is 10.0. The number of aromatic nitrogens is 2. The molecule has 1 aliphatic heterocycles. The Kier molecular flexibility index (Phi) is 6.15. The van der Waals surface area contributed by atoms with Gasteiger partial charge in [-0.2, -0.15) is 0 Å². The van der Waals surface area contributed by atoms with Gasteiger partial charge in [-0.25, -0.2) is 9.37 Å². The van der Waals surface area contributed by atoms with E-state index in [2.05, 4.69) is 18.7 Å². The average molecular weight is 375 g/mol. The molecule has 1 aromatic heterocycles. The lowest BCUT2D eigenvalue weighted by atomic mass is 9.97. The zero-order chi connectivity index (χ0) is 19.6. The predicted octanol–water partition coefficient (Wildman–Crippen LogP) is 4.14. The standard InChI is InChI=1S/C21H30FN3O2/c1-5-8-18(24-10-7-9-14(3)13-24)20-23-19-16(21(26)25(20)6-2)11-15(27-4)12-17(19)22/h11-12,14,18H,5-10,13H2,1-4H3/t14-,18-/m1/s1. The van der Waals surface area contributed by atoms with Crippen molar-refractivity contribution >= 4 is 10.9 Å². The van der Waals surface area contributed by atoms with Gasteiger partial charge in [0.25, 0.3) is 5.56 Å². The molecule has 0 aliphatic carbocycles. The maximum Gasteiger partial charge on any atom is 0.261 e. The van der Waals surface area contributed by atoms with Crippen LogP contribution in [0.25, 0.3) is 10.9 Å². The zero-order valence-corrected chi connectivity index (χ0v) is 16.8. The lowest BCUT2D eigenvalue weighted by molar-refractivity contribution is 0.114. The van der Waals surface area contributed by atoms with E-state index in [1.165, 1.54) is 19.6 Å². The number of methoxy groups -OCH3 is 1. The van der Waals surface area contributed by atoms with Gasteiger partial charge in [-0.15, -0.1) is 0 Å². The van der Waals surface area contributed by atoms with Crippen molar-refractivity contribution in [2.75, 3.05) is 20.2 Å². The summed E-state index contributed by atoms with van der Waals surface area (Å²) >= 11 is 0. The van der Waals surface area contributed by atoms with Crippen LogP contribution in [-0.2, 0) is 6.54 Å². The lowest BCUT2D eigenvalue weighted by Crippen LogP contribution is -2.40. The fourth-order valence-corrected chi connectivity index (χ4v) is 4.21. The Morgan fingerprint density at radius 3 is 2.78 bits per heavy atom. The van der Waals surface area contributed by atoms with E-state index in [1.54, 1.807) is 10.6 Å². The molecule has 2 aromatic rings. The van der Waals surface area contributed by atoms with Gasteiger partial charge >= 0.3 is 0 Å². The number of likely N-dealkylation sites (tertiary alicyclic amines) is 1. The quantitative estimate of drug-likeness (QED) is 0.761. The monoisotopic (exact) mass is 375 g/mol. The molecule has 1 aromatic carbocycles. The first-order valence-electron chi connectivity index (χ1n) is 10.0. The second kappa shape index (κ2) is 8.38. The Hall–Kier alpha value is -1.95. The maximum atomic E-state index is 14.7. The van der Waals surface area contributed by atoms with Crippen LogP contribution in [0.2, 0.25) is 0 Å². The van der Waals surface area contributed by atoms with Crippen molar-refractivity contribution in [1.82, 2.24) is 14.5 Å². The summed E-state index contributed by atoms with van der Waals surface area (Å²) in [4.78, 5) is 20.3. The highest BCUT2D eigenvalue weighted by Crippen LogP contribution is 2.30. The van der Waals surface area contributed by atoms with E-state index >= 15 is 0 Å². The van der Waals surface area contributed by atoms with Gasteiger partial charge in [0, 0.05) is 19.2 Å². The van der Waals surface area contributed by atoms with Gasteiger partial charge in [0.05, 0.1) is 18.5 Å². The number of hydrogen-bond acceptors (Lipinski definition) is 4. The highest BCUT2D eigenvalue weighted by Gasteiger charge is 2.29. The van der Waals surface area contributed by atoms with E-state index in [-0.39, 0.29) is 22.5 Å². The first kappa shape index (κ1) is 19.8. The van der Waals surface area contributed by atoms with Gasteiger partial charge < -0.3 is 4.74 Å². The highest BCUT2D eigenvalue weighted by atomic mass is 19.1. The van der Waals surface area contributed by atoms with Crippen molar-refractivity contribution in [3.05, 3.63) is 34.1 Å². The number of benzene rings is 1. The van der Waals surface area contributed by atoms with E-state index in [4.69, 9.17) is 9.72 Å². The molecule has 2 heterocycles. The second-order valence-corrected chi connectivity index (χ2v) is 7.57. The summed E-state index contributed by atoms with van der Waals surface area (Å²) in [6, 6.07) is 2.92. The van der Waals surface area contributed by atoms with Crippen LogP contribution in [0.15, 0.2) is 16.9 Å². The van der Waals surface area contributed by atoms with Crippen molar-refractivity contribution in [3.8, 4) is 5.75 Å². The molecule has 0 spiro atoms. The smallest absolute Gasteiger partial charge is 0.261 e. The Labute approximate surface area is 160 Å².